The summed E-state index contributed by atoms with van der Waals surface area (Å²) in [6.07, 6.45) is 5.06. The Morgan fingerprint density at radius 1 is 0.909 bits per heavy atom. The Morgan fingerprint density at radius 3 is 2.39 bits per heavy atom. The number of benzene rings is 2. The van der Waals surface area contributed by atoms with E-state index in [0.717, 1.165) is 50.1 Å². The number of ether oxygens (including phenoxy) is 2. The molecule has 1 aliphatic rings. The molecule has 0 saturated carbocycles. The molecule has 6 heteroatoms. The molecule has 1 fully saturated rings. The van der Waals surface area contributed by atoms with Gasteiger partial charge in [-0.3, -0.25) is 9.69 Å². The van der Waals surface area contributed by atoms with E-state index in [1.54, 1.807) is 0 Å². The lowest BCUT2D eigenvalue weighted by Crippen LogP contribution is -2.41. The monoisotopic (exact) mass is 452 g/mol. The Morgan fingerprint density at radius 2 is 1.64 bits per heavy atom. The van der Waals surface area contributed by atoms with E-state index in [1.807, 2.05) is 36.4 Å². The number of aryl methyl sites for hydroxylation is 2. The normalized spacial score (nSPS) is 15.0. The summed E-state index contributed by atoms with van der Waals surface area (Å²) in [7, 11) is 0. The van der Waals surface area contributed by atoms with Crippen LogP contribution >= 0.6 is 0 Å². The Hall–Kier alpha value is -2.86. The van der Waals surface area contributed by atoms with E-state index in [-0.39, 0.29) is 31.8 Å². The summed E-state index contributed by atoms with van der Waals surface area (Å²) in [6, 6.07) is 18.3. The van der Waals surface area contributed by atoms with Gasteiger partial charge < -0.3 is 19.4 Å². The van der Waals surface area contributed by atoms with Crippen molar-refractivity contribution in [3.63, 3.8) is 0 Å². The number of piperidine rings is 1. The van der Waals surface area contributed by atoms with Crippen molar-refractivity contribution in [2.45, 2.75) is 57.5 Å². The third kappa shape index (κ3) is 9.26. The second kappa shape index (κ2) is 13.6. The molecule has 0 radical (unpaired) electrons. The summed E-state index contributed by atoms with van der Waals surface area (Å²) in [5.41, 5.74) is 2.40. The number of hydrogen-bond acceptors (Lipinski definition) is 6. The highest BCUT2D eigenvalue weighted by Gasteiger charge is 2.21. The number of carboxylic acid groups (broad SMARTS) is 1. The summed E-state index contributed by atoms with van der Waals surface area (Å²) in [5.74, 6) is -0.729. The minimum atomic E-state index is -1.15. The number of esters is 1. The van der Waals surface area contributed by atoms with E-state index < -0.39 is 12.1 Å². The van der Waals surface area contributed by atoms with Gasteiger partial charge in [0.2, 0.25) is 0 Å². The molecule has 0 spiro atoms. The Balaban J connectivity index is 1.58. The zero-order chi connectivity index (χ0) is 23.3. The van der Waals surface area contributed by atoms with Gasteiger partial charge in [-0.25, -0.2) is 0 Å². The fourth-order valence-corrected chi connectivity index (χ4v) is 4.13. The number of carboxylic acids is 1. The first-order chi connectivity index (χ1) is 16.1. The summed E-state index contributed by atoms with van der Waals surface area (Å²) in [4.78, 5) is 25.2. The Labute approximate surface area is 196 Å². The maximum atomic E-state index is 12.3. The van der Waals surface area contributed by atoms with Crippen LogP contribution in [-0.2, 0) is 27.2 Å². The van der Waals surface area contributed by atoms with E-state index in [1.165, 1.54) is 12.0 Å². The molecule has 1 atom stereocenters. The molecular weight excluding hydrogens is 418 g/mol. The molecule has 1 aliphatic heterocycles. The molecule has 0 aliphatic carbocycles. The SMILES string of the molecule is O=C([O-])CCCC(=O)OC(COc1ccccc1CCc1ccccc1)CN1CCCCC1. The van der Waals surface area contributed by atoms with Crippen molar-refractivity contribution in [3.05, 3.63) is 65.7 Å². The van der Waals surface area contributed by atoms with Crippen LogP contribution in [0.4, 0.5) is 0 Å². The van der Waals surface area contributed by atoms with E-state index in [2.05, 4.69) is 23.1 Å². The third-order valence-corrected chi connectivity index (χ3v) is 5.89. The van der Waals surface area contributed by atoms with Gasteiger partial charge in [-0.15, -0.1) is 0 Å². The molecule has 0 amide bonds. The second-order valence-electron chi connectivity index (χ2n) is 8.60. The smallest absolute Gasteiger partial charge is 0.306 e. The molecule has 6 nitrogen and oxygen atoms in total. The highest BCUT2D eigenvalue weighted by atomic mass is 16.6. The molecular formula is C27H34NO5-. The van der Waals surface area contributed by atoms with Crippen LogP contribution in [-0.4, -0.2) is 49.2 Å². The topological polar surface area (TPSA) is 78.9 Å². The first-order valence-corrected chi connectivity index (χ1v) is 12.0. The van der Waals surface area contributed by atoms with Crippen LogP contribution in [0, 0.1) is 0 Å². The average Bonchev–Trinajstić information content (AvgIpc) is 2.83. The van der Waals surface area contributed by atoms with Gasteiger partial charge in [-0.2, -0.15) is 0 Å². The molecule has 33 heavy (non-hydrogen) atoms. The van der Waals surface area contributed by atoms with Crippen LogP contribution in [0.15, 0.2) is 54.6 Å². The number of carbonyl (C=O) groups excluding carboxylic acids is 2. The summed E-state index contributed by atoms with van der Waals surface area (Å²) in [5, 5.41) is 10.6. The number of carbonyl (C=O) groups is 2. The highest BCUT2D eigenvalue weighted by molar-refractivity contribution is 5.71. The van der Waals surface area contributed by atoms with Crippen LogP contribution in [0.25, 0.3) is 0 Å². The zero-order valence-corrected chi connectivity index (χ0v) is 19.2. The first kappa shape index (κ1) is 24.8. The van der Waals surface area contributed by atoms with Crippen molar-refractivity contribution in [1.82, 2.24) is 4.90 Å². The van der Waals surface area contributed by atoms with Crippen molar-refractivity contribution in [2.75, 3.05) is 26.2 Å². The Bertz CT molecular complexity index is 864. The molecule has 1 heterocycles. The minimum absolute atomic E-state index is 0.0676. The molecule has 1 saturated heterocycles. The number of nitrogens with zero attached hydrogens (tertiary/aromatic N) is 1. The standard InChI is InChI=1S/C27H35NO5/c29-26(30)14-9-15-27(31)33-24(20-28-18-7-2-8-19-28)21-32-25-13-6-5-12-23(25)17-16-22-10-3-1-4-11-22/h1,3-6,10-13,24H,2,7-9,14-21H2,(H,29,30)/p-1. The van der Waals surface area contributed by atoms with Crippen molar-refractivity contribution in [2.24, 2.45) is 0 Å². The fourth-order valence-electron chi connectivity index (χ4n) is 4.13. The van der Waals surface area contributed by atoms with Crippen molar-refractivity contribution in [3.8, 4) is 5.75 Å². The van der Waals surface area contributed by atoms with Crippen LogP contribution < -0.4 is 9.84 Å². The number of likely N-dealkylation sites (tertiary alicyclic amines) is 1. The van der Waals surface area contributed by atoms with Gasteiger partial charge in [0.25, 0.3) is 0 Å². The van der Waals surface area contributed by atoms with Crippen molar-refractivity contribution in [1.29, 1.82) is 0 Å². The third-order valence-electron chi connectivity index (χ3n) is 5.89. The molecule has 0 bridgehead atoms. The molecule has 3 rings (SSSR count). The van der Waals surface area contributed by atoms with Crippen LogP contribution in [0.1, 0.15) is 49.7 Å². The quantitative estimate of drug-likeness (QED) is 0.435. The summed E-state index contributed by atoms with van der Waals surface area (Å²) in [6.45, 7) is 2.88. The van der Waals surface area contributed by atoms with Crippen LogP contribution in [0.2, 0.25) is 0 Å². The van der Waals surface area contributed by atoms with Crippen LogP contribution in [0.5, 0.6) is 5.75 Å². The lowest BCUT2D eigenvalue weighted by atomic mass is 10.0. The first-order valence-electron chi connectivity index (χ1n) is 12.0. The van der Waals surface area contributed by atoms with E-state index in [9.17, 15) is 14.7 Å². The summed E-state index contributed by atoms with van der Waals surface area (Å²) >= 11 is 0. The predicted molar refractivity (Wildman–Crippen MR) is 125 cm³/mol. The van der Waals surface area contributed by atoms with Crippen LogP contribution in [0.3, 0.4) is 0 Å². The van der Waals surface area contributed by atoms with Gasteiger partial charge in [-0.05, 0) is 68.8 Å². The molecule has 1 unspecified atom stereocenters. The fraction of sp³-hybridized carbons (Fsp3) is 0.481. The Kier molecular flexibility index (Phi) is 10.2. The van der Waals surface area contributed by atoms with E-state index in [0.29, 0.717) is 6.54 Å². The number of hydrogen-bond donors (Lipinski definition) is 0. The summed E-state index contributed by atoms with van der Waals surface area (Å²) < 4.78 is 11.9. The molecule has 2 aromatic rings. The maximum absolute atomic E-state index is 12.3. The van der Waals surface area contributed by atoms with E-state index in [4.69, 9.17) is 9.47 Å². The van der Waals surface area contributed by atoms with Gasteiger partial charge in [0.15, 0.2) is 0 Å². The minimum Gasteiger partial charge on any atom is -0.550 e. The molecule has 178 valence electrons. The zero-order valence-electron chi connectivity index (χ0n) is 19.2. The van der Waals surface area contributed by atoms with Gasteiger partial charge in [-0.1, -0.05) is 55.0 Å². The second-order valence-corrected chi connectivity index (χ2v) is 8.60. The van der Waals surface area contributed by atoms with E-state index >= 15 is 0 Å². The molecule has 0 N–H and O–H groups in total. The molecule has 0 aromatic heterocycles. The molecule has 2 aromatic carbocycles. The number of para-hydroxylation sites is 1. The lowest BCUT2D eigenvalue weighted by Gasteiger charge is -2.30. The number of aliphatic carboxylic acids is 1. The van der Waals surface area contributed by atoms with Crippen molar-refractivity contribution >= 4 is 11.9 Å². The van der Waals surface area contributed by atoms with Gasteiger partial charge in [0.05, 0.1) is 0 Å². The maximum Gasteiger partial charge on any atom is 0.306 e. The predicted octanol–water partition coefficient (Wildman–Crippen LogP) is 3.17. The van der Waals surface area contributed by atoms with Gasteiger partial charge in [0.1, 0.15) is 18.5 Å². The average molecular weight is 453 g/mol. The number of rotatable bonds is 13. The largest absolute Gasteiger partial charge is 0.550 e. The van der Waals surface area contributed by atoms with Gasteiger partial charge in [0, 0.05) is 18.9 Å². The van der Waals surface area contributed by atoms with Gasteiger partial charge >= 0.3 is 5.97 Å². The lowest BCUT2D eigenvalue weighted by molar-refractivity contribution is -0.305. The van der Waals surface area contributed by atoms with Crippen molar-refractivity contribution < 1.29 is 24.2 Å². The highest BCUT2D eigenvalue weighted by Crippen LogP contribution is 2.21.